The van der Waals surface area contributed by atoms with Crippen LogP contribution in [0.2, 0.25) is 0 Å². The Morgan fingerprint density at radius 2 is 1.43 bits per heavy atom. The second-order valence-corrected chi connectivity index (χ2v) is 12.6. The summed E-state index contributed by atoms with van der Waals surface area (Å²) in [6.07, 6.45) is -8.43. The van der Waals surface area contributed by atoms with Gasteiger partial charge in [-0.25, -0.2) is 9.59 Å². The van der Waals surface area contributed by atoms with Crippen LogP contribution in [0, 0.1) is 5.92 Å². The number of benzene rings is 1. The Kier molecular flexibility index (Phi) is 12.9. The van der Waals surface area contributed by atoms with E-state index in [0.717, 1.165) is 47.1 Å². The minimum Gasteiger partial charge on any atom is -0.497 e. The van der Waals surface area contributed by atoms with Crippen LogP contribution < -0.4 is 4.74 Å². The van der Waals surface area contributed by atoms with Gasteiger partial charge >= 0.3 is 35.8 Å². The van der Waals surface area contributed by atoms with Crippen LogP contribution in [0.3, 0.4) is 0 Å². The van der Waals surface area contributed by atoms with Crippen molar-refractivity contribution in [3.8, 4) is 5.75 Å². The number of esters is 6. The summed E-state index contributed by atoms with van der Waals surface area (Å²) in [7, 11) is 2.56. The Labute approximate surface area is 303 Å². The summed E-state index contributed by atoms with van der Waals surface area (Å²) >= 11 is 0. The van der Waals surface area contributed by atoms with Crippen molar-refractivity contribution in [3.63, 3.8) is 0 Å². The maximum Gasteiger partial charge on any atom is 0.339 e. The van der Waals surface area contributed by atoms with E-state index in [-0.39, 0.29) is 0 Å². The fourth-order valence-corrected chi connectivity index (χ4v) is 6.49. The van der Waals surface area contributed by atoms with Crippen molar-refractivity contribution in [1.29, 1.82) is 0 Å². The van der Waals surface area contributed by atoms with Gasteiger partial charge in [0.2, 0.25) is 12.6 Å². The highest BCUT2D eigenvalue weighted by atomic mass is 16.8. The number of methoxy groups -OCH3 is 2. The third-order valence-corrected chi connectivity index (χ3v) is 8.76. The molecule has 18 nitrogen and oxygen atoms in total. The van der Waals surface area contributed by atoms with E-state index in [1.807, 2.05) is 0 Å². The Balaban J connectivity index is 1.71. The molecule has 2 heterocycles. The molecule has 1 aromatic rings. The summed E-state index contributed by atoms with van der Waals surface area (Å²) in [5.74, 6) is -6.41. The molecule has 1 aliphatic carbocycles. The zero-order valence-electron chi connectivity index (χ0n) is 30.0. The Hall–Kier alpha value is -5.04. The molecule has 1 saturated carbocycles. The van der Waals surface area contributed by atoms with Crippen LogP contribution in [0.25, 0.3) is 6.08 Å². The third kappa shape index (κ3) is 9.31. The van der Waals surface area contributed by atoms with Gasteiger partial charge in [-0.05, 0) is 30.7 Å². The van der Waals surface area contributed by atoms with E-state index in [9.17, 15) is 39.0 Å². The first-order chi connectivity index (χ1) is 24.9. The number of carbonyl (C=O) groups is 6. The zero-order chi connectivity index (χ0) is 39.2. The first-order valence-corrected chi connectivity index (χ1v) is 16.3. The van der Waals surface area contributed by atoms with Gasteiger partial charge in [0.05, 0.1) is 26.4 Å². The van der Waals surface area contributed by atoms with Crippen molar-refractivity contribution >= 4 is 41.9 Å². The average Bonchev–Trinajstić information content (AvgIpc) is 3.29. The molecule has 2 N–H and O–H groups in total. The van der Waals surface area contributed by atoms with Crippen molar-refractivity contribution in [2.24, 2.45) is 5.92 Å². The van der Waals surface area contributed by atoms with Crippen molar-refractivity contribution in [2.75, 3.05) is 20.8 Å². The topological polar surface area (TPSA) is 235 Å². The van der Waals surface area contributed by atoms with E-state index in [1.165, 1.54) is 20.1 Å². The standard InChI is InChI=1S/C35H42O18/c1-17(36)46-16-24-27(48-18(2)37)28(49-19(3)38)29(50-20(4)39)32(51-24)53-33-30-34(5,42)25(14-35(30,43)23(15-47-33)31(41)45-7)52-26(40)13-10-21-8-11-22(44-6)12-9-21/h8-13,15,24-25,27-30,32-33,42-43H,14,16H2,1-7H3/b13-10+. The first kappa shape index (κ1) is 40.7. The van der Waals surface area contributed by atoms with Crippen LogP contribution >= 0.6 is 0 Å². The smallest absolute Gasteiger partial charge is 0.339 e. The lowest BCUT2D eigenvalue weighted by Gasteiger charge is -2.47. The highest BCUT2D eigenvalue weighted by Gasteiger charge is 2.69. The van der Waals surface area contributed by atoms with Crippen LogP contribution in [0.5, 0.6) is 5.75 Å². The molecule has 3 aliphatic rings. The predicted octanol–water partition coefficient (Wildman–Crippen LogP) is 0.635. The minimum atomic E-state index is -2.33. The van der Waals surface area contributed by atoms with Crippen LogP contribution in [0.4, 0.5) is 0 Å². The molecule has 0 radical (unpaired) electrons. The molecule has 18 heteroatoms. The summed E-state index contributed by atoms with van der Waals surface area (Å²) < 4.78 is 54.8. The fraction of sp³-hybridized carbons (Fsp3) is 0.543. The molecule has 2 fully saturated rings. The molecule has 53 heavy (non-hydrogen) atoms. The molecule has 1 saturated heterocycles. The Morgan fingerprint density at radius 3 is 2.00 bits per heavy atom. The highest BCUT2D eigenvalue weighted by molar-refractivity contribution is 5.91. The summed E-state index contributed by atoms with van der Waals surface area (Å²) in [5.41, 5.74) is -4.37. The SMILES string of the molecule is COC(=O)C1=COC(OC2OC(COC(C)=O)C(OC(C)=O)C(OC(C)=O)C2OC(C)=O)C2C1(O)CC(OC(=O)/C=C/c1ccc(OC)cc1)C2(C)O. The Morgan fingerprint density at radius 1 is 0.830 bits per heavy atom. The van der Waals surface area contributed by atoms with Gasteiger partial charge in [-0.15, -0.1) is 0 Å². The number of hydrogen-bond donors (Lipinski definition) is 2. The number of ether oxygens (including phenoxy) is 10. The molecule has 0 aromatic heterocycles. The summed E-state index contributed by atoms with van der Waals surface area (Å²) in [6, 6.07) is 6.73. The lowest BCUT2D eigenvalue weighted by molar-refractivity contribution is -0.353. The van der Waals surface area contributed by atoms with E-state index in [2.05, 4.69) is 0 Å². The molecule has 0 amide bonds. The largest absolute Gasteiger partial charge is 0.497 e. The molecular weight excluding hydrogens is 708 g/mol. The second-order valence-electron chi connectivity index (χ2n) is 12.6. The maximum absolute atomic E-state index is 13.0. The molecular formula is C35H42O18. The van der Waals surface area contributed by atoms with Crippen LogP contribution in [-0.4, -0.2) is 121 Å². The second kappa shape index (κ2) is 16.7. The van der Waals surface area contributed by atoms with Crippen molar-refractivity contribution in [2.45, 2.75) is 95.3 Å². The average molecular weight is 751 g/mol. The van der Waals surface area contributed by atoms with E-state index in [1.54, 1.807) is 24.3 Å². The van der Waals surface area contributed by atoms with E-state index in [0.29, 0.717) is 11.3 Å². The zero-order valence-corrected chi connectivity index (χ0v) is 30.0. The van der Waals surface area contributed by atoms with Gasteiger partial charge in [0.1, 0.15) is 41.3 Å². The first-order valence-electron chi connectivity index (χ1n) is 16.3. The Bertz CT molecular complexity index is 1610. The van der Waals surface area contributed by atoms with Gasteiger partial charge < -0.3 is 57.6 Å². The number of hydrogen-bond acceptors (Lipinski definition) is 18. The molecule has 0 spiro atoms. The number of fused-ring (bicyclic) bond motifs is 1. The molecule has 10 unspecified atom stereocenters. The van der Waals surface area contributed by atoms with E-state index < -0.39 is 115 Å². The van der Waals surface area contributed by atoms with Gasteiger partial charge in [0, 0.05) is 40.2 Å². The van der Waals surface area contributed by atoms with E-state index in [4.69, 9.17) is 47.4 Å². The highest BCUT2D eigenvalue weighted by Crippen LogP contribution is 2.53. The maximum atomic E-state index is 13.0. The van der Waals surface area contributed by atoms with Crippen LogP contribution in [0.1, 0.15) is 46.6 Å². The third-order valence-electron chi connectivity index (χ3n) is 8.76. The van der Waals surface area contributed by atoms with Crippen LogP contribution in [-0.2, 0) is 71.4 Å². The van der Waals surface area contributed by atoms with Gasteiger partial charge in [-0.2, -0.15) is 0 Å². The van der Waals surface area contributed by atoms with Crippen molar-refractivity contribution in [3.05, 3.63) is 47.7 Å². The van der Waals surface area contributed by atoms with Gasteiger partial charge in [0.25, 0.3) is 0 Å². The molecule has 4 rings (SSSR count). The number of aliphatic hydroxyl groups is 2. The number of carbonyl (C=O) groups excluding carboxylic acids is 6. The van der Waals surface area contributed by atoms with Gasteiger partial charge in [0.15, 0.2) is 18.3 Å². The molecule has 1 aromatic carbocycles. The minimum absolute atomic E-state index is 0.445. The van der Waals surface area contributed by atoms with Crippen molar-refractivity contribution < 1.29 is 86.3 Å². The normalized spacial score (nSPS) is 31.9. The van der Waals surface area contributed by atoms with Crippen molar-refractivity contribution in [1.82, 2.24) is 0 Å². The van der Waals surface area contributed by atoms with Gasteiger partial charge in [-0.1, -0.05) is 12.1 Å². The monoisotopic (exact) mass is 750 g/mol. The summed E-state index contributed by atoms with van der Waals surface area (Å²) in [6.45, 7) is 4.87. The summed E-state index contributed by atoms with van der Waals surface area (Å²) in [5, 5.41) is 24.1. The van der Waals surface area contributed by atoms with Crippen LogP contribution in [0.15, 0.2) is 42.2 Å². The fourth-order valence-electron chi connectivity index (χ4n) is 6.49. The molecule has 2 aliphatic heterocycles. The van der Waals surface area contributed by atoms with Gasteiger partial charge in [-0.3, -0.25) is 19.2 Å². The molecule has 10 atom stereocenters. The summed E-state index contributed by atoms with van der Waals surface area (Å²) in [4.78, 5) is 74.3. The molecule has 0 bridgehead atoms. The lowest BCUT2D eigenvalue weighted by atomic mass is 9.77. The number of rotatable bonds is 12. The molecule has 290 valence electrons. The van der Waals surface area contributed by atoms with E-state index >= 15 is 0 Å². The lowest BCUT2D eigenvalue weighted by Crippen LogP contribution is -2.65. The quantitative estimate of drug-likeness (QED) is 0.169. The predicted molar refractivity (Wildman–Crippen MR) is 174 cm³/mol.